The highest BCUT2D eigenvalue weighted by Crippen LogP contribution is 2.42. The van der Waals surface area contributed by atoms with E-state index < -0.39 is 17.7 Å². The lowest BCUT2D eigenvalue weighted by Gasteiger charge is -2.28. The standard InChI is InChI=1S/C21H21NO4/c1-12(2)19(24)17-18(14-8-10-15(23)11-9-14)22(21(26)20(17)25)16-7-5-4-6-13(16)3/h4-12,18,23,25H,1-3H3. The van der Waals surface area contributed by atoms with Gasteiger partial charge in [0.15, 0.2) is 11.5 Å². The first kappa shape index (κ1) is 17.7. The van der Waals surface area contributed by atoms with E-state index in [0.29, 0.717) is 11.3 Å². The van der Waals surface area contributed by atoms with E-state index in [-0.39, 0.29) is 23.0 Å². The number of carbonyl (C=O) groups is 2. The van der Waals surface area contributed by atoms with Gasteiger partial charge in [0.25, 0.3) is 5.91 Å². The number of aliphatic hydroxyl groups excluding tert-OH is 1. The highest BCUT2D eigenvalue weighted by molar-refractivity contribution is 6.17. The number of benzene rings is 2. The number of amides is 1. The number of carbonyl (C=O) groups excluding carboxylic acids is 2. The SMILES string of the molecule is Cc1ccccc1N1C(=O)C(O)=C(C(=O)C(C)C)C1c1ccc(O)cc1. The molecule has 0 bridgehead atoms. The molecule has 0 radical (unpaired) electrons. The van der Waals surface area contributed by atoms with E-state index in [1.807, 2.05) is 25.1 Å². The number of nitrogens with zero attached hydrogens (tertiary/aromatic N) is 1. The van der Waals surface area contributed by atoms with E-state index >= 15 is 0 Å². The van der Waals surface area contributed by atoms with E-state index in [1.165, 1.54) is 17.0 Å². The number of para-hydroxylation sites is 1. The van der Waals surface area contributed by atoms with Crippen molar-refractivity contribution in [1.29, 1.82) is 0 Å². The fourth-order valence-electron chi connectivity index (χ4n) is 3.22. The molecule has 0 aliphatic carbocycles. The van der Waals surface area contributed by atoms with Gasteiger partial charge in [-0.1, -0.05) is 44.2 Å². The van der Waals surface area contributed by atoms with Crippen LogP contribution in [0.25, 0.3) is 0 Å². The Morgan fingerprint density at radius 2 is 1.65 bits per heavy atom. The topological polar surface area (TPSA) is 77.8 Å². The highest BCUT2D eigenvalue weighted by atomic mass is 16.3. The van der Waals surface area contributed by atoms with Gasteiger partial charge in [0.1, 0.15) is 5.75 Å². The van der Waals surface area contributed by atoms with Crippen LogP contribution in [0, 0.1) is 12.8 Å². The van der Waals surface area contributed by atoms with Crippen molar-refractivity contribution in [3.05, 3.63) is 71.0 Å². The van der Waals surface area contributed by atoms with Gasteiger partial charge in [-0.2, -0.15) is 0 Å². The summed E-state index contributed by atoms with van der Waals surface area (Å²) in [6.07, 6.45) is 0. The van der Waals surface area contributed by atoms with Gasteiger partial charge in [-0.15, -0.1) is 0 Å². The predicted molar refractivity (Wildman–Crippen MR) is 99.0 cm³/mol. The second-order valence-corrected chi connectivity index (χ2v) is 6.74. The Morgan fingerprint density at radius 1 is 1.04 bits per heavy atom. The normalized spacial score (nSPS) is 17.3. The van der Waals surface area contributed by atoms with Crippen LogP contribution in [-0.2, 0) is 9.59 Å². The number of aliphatic hydroxyl groups is 1. The summed E-state index contributed by atoms with van der Waals surface area (Å²) in [6, 6.07) is 12.9. The summed E-state index contributed by atoms with van der Waals surface area (Å²) in [7, 11) is 0. The first-order valence-corrected chi connectivity index (χ1v) is 8.48. The molecule has 0 aromatic heterocycles. The number of phenols is 1. The number of anilines is 1. The van der Waals surface area contributed by atoms with E-state index in [9.17, 15) is 19.8 Å². The summed E-state index contributed by atoms with van der Waals surface area (Å²) < 4.78 is 0. The molecule has 134 valence electrons. The molecule has 1 aliphatic rings. The average Bonchev–Trinajstić information content (AvgIpc) is 2.87. The molecule has 1 heterocycles. The molecule has 1 unspecified atom stereocenters. The first-order chi connectivity index (χ1) is 12.3. The number of ketones is 1. The van der Waals surface area contributed by atoms with Gasteiger partial charge in [-0.3, -0.25) is 14.5 Å². The Bertz CT molecular complexity index is 896. The number of aromatic hydroxyl groups is 1. The van der Waals surface area contributed by atoms with Crippen molar-refractivity contribution in [2.24, 2.45) is 5.92 Å². The third-order valence-corrected chi connectivity index (χ3v) is 4.58. The number of hydrogen-bond acceptors (Lipinski definition) is 4. The molecule has 1 amide bonds. The van der Waals surface area contributed by atoms with Crippen LogP contribution in [0.2, 0.25) is 0 Å². The van der Waals surface area contributed by atoms with Crippen molar-refractivity contribution in [2.75, 3.05) is 4.90 Å². The van der Waals surface area contributed by atoms with Crippen LogP contribution in [0.5, 0.6) is 5.75 Å². The van der Waals surface area contributed by atoms with Crippen LogP contribution in [0.4, 0.5) is 5.69 Å². The zero-order valence-electron chi connectivity index (χ0n) is 14.9. The van der Waals surface area contributed by atoms with Crippen molar-refractivity contribution < 1.29 is 19.8 Å². The van der Waals surface area contributed by atoms with Crippen molar-refractivity contribution in [2.45, 2.75) is 26.8 Å². The van der Waals surface area contributed by atoms with E-state index in [2.05, 4.69) is 0 Å². The third-order valence-electron chi connectivity index (χ3n) is 4.58. The molecule has 26 heavy (non-hydrogen) atoms. The van der Waals surface area contributed by atoms with Crippen molar-refractivity contribution in [3.63, 3.8) is 0 Å². The largest absolute Gasteiger partial charge is 0.508 e. The van der Waals surface area contributed by atoms with Crippen LogP contribution < -0.4 is 4.90 Å². The minimum absolute atomic E-state index is 0.0884. The van der Waals surface area contributed by atoms with Gasteiger partial charge in [-0.25, -0.2) is 0 Å². The number of phenolic OH excluding ortho intramolecular Hbond substituents is 1. The summed E-state index contributed by atoms with van der Waals surface area (Å²) >= 11 is 0. The molecule has 0 fully saturated rings. The van der Waals surface area contributed by atoms with Gasteiger partial charge in [0.2, 0.25) is 0 Å². The molecule has 0 saturated heterocycles. The van der Waals surface area contributed by atoms with E-state index in [1.54, 1.807) is 32.0 Å². The Balaban J connectivity index is 2.21. The Kier molecular flexibility index (Phi) is 4.55. The minimum atomic E-state index is -0.737. The van der Waals surface area contributed by atoms with Gasteiger partial charge in [0.05, 0.1) is 11.6 Å². The lowest BCUT2D eigenvalue weighted by Crippen LogP contribution is -2.32. The zero-order valence-corrected chi connectivity index (χ0v) is 14.9. The molecule has 2 aromatic rings. The maximum absolute atomic E-state index is 12.9. The Morgan fingerprint density at radius 3 is 2.23 bits per heavy atom. The molecule has 1 atom stereocenters. The van der Waals surface area contributed by atoms with Gasteiger partial charge < -0.3 is 10.2 Å². The van der Waals surface area contributed by atoms with E-state index in [0.717, 1.165) is 5.56 Å². The Labute approximate surface area is 152 Å². The molecule has 3 rings (SSSR count). The Hall–Kier alpha value is -3.08. The highest BCUT2D eigenvalue weighted by Gasteiger charge is 2.45. The van der Waals surface area contributed by atoms with Crippen molar-refractivity contribution in [3.8, 4) is 5.75 Å². The third kappa shape index (κ3) is 2.86. The second-order valence-electron chi connectivity index (χ2n) is 6.74. The van der Waals surface area contributed by atoms with Gasteiger partial charge in [-0.05, 0) is 36.2 Å². The molecule has 2 aromatic carbocycles. The summed E-state index contributed by atoms with van der Waals surface area (Å²) in [5.41, 5.74) is 2.23. The summed E-state index contributed by atoms with van der Waals surface area (Å²) in [5.74, 6) is -1.65. The smallest absolute Gasteiger partial charge is 0.294 e. The quantitative estimate of drug-likeness (QED) is 0.878. The molecule has 0 spiro atoms. The zero-order chi connectivity index (χ0) is 19.0. The average molecular weight is 351 g/mol. The monoisotopic (exact) mass is 351 g/mol. The van der Waals surface area contributed by atoms with E-state index in [4.69, 9.17) is 0 Å². The number of aryl methyl sites for hydroxylation is 1. The van der Waals surface area contributed by atoms with Crippen LogP contribution in [0.15, 0.2) is 59.9 Å². The molecule has 1 aliphatic heterocycles. The van der Waals surface area contributed by atoms with Gasteiger partial charge in [0, 0.05) is 11.6 Å². The number of Topliss-reactive ketones (excluding diaryl/α,β-unsaturated/α-hetero) is 1. The predicted octanol–water partition coefficient (Wildman–Crippen LogP) is 3.83. The van der Waals surface area contributed by atoms with Gasteiger partial charge >= 0.3 is 0 Å². The van der Waals surface area contributed by atoms with Crippen LogP contribution in [0.3, 0.4) is 0 Å². The maximum atomic E-state index is 12.9. The fraction of sp³-hybridized carbons (Fsp3) is 0.238. The van der Waals surface area contributed by atoms with Crippen LogP contribution in [-0.4, -0.2) is 21.9 Å². The maximum Gasteiger partial charge on any atom is 0.294 e. The summed E-state index contributed by atoms with van der Waals surface area (Å²) in [4.78, 5) is 27.1. The molecule has 5 nitrogen and oxygen atoms in total. The molecule has 0 saturated carbocycles. The van der Waals surface area contributed by atoms with Crippen molar-refractivity contribution in [1.82, 2.24) is 0 Å². The van der Waals surface area contributed by atoms with Crippen molar-refractivity contribution >= 4 is 17.4 Å². The number of hydrogen-bond donors (Lipinski definition) is 2. The minimum Gasteiger partial charge on any atom is -0.508 e. The lowest BCUT2D eigenvalue weighted by molar-refractivity contribution is -0.119. The van der Waals surface area contributed by atoms with Crippen LogP contribution >= 0.6 is 0 Å². The molecule has 2 N–H and O–H groups in total. The molecule has 5 heteroatoms. The molecular weight excluding hydrogens is 330 g/mol. The fourth-order valence-corrected chi connectivity index (χ4v) is 3.22. The summed E-state index contributed by atoms with van der Waals surface area (Å²) in [5, 5.41) is 20.1. The number of rotatable bonds is 4. The molecular formula is C21H21NO4. The first-order valence-electron chi connectivity index (χ1n) is 8.48. The summed E-state index contributed by atoms with van der Waals surface area (Å²) in [6.45, 7) is 5.34. The second kappa shape index (κ2) is 6.67. The van der Waals surface area contributed by atoms with Crippen LogP contribution in [0.1, 0.15) is 31.0 Å². The lowest BCUT2D eigenvalue weighted by atomic mass is 9.91.